The minimum Gasteiger partial charge on any atom is -0.340 e. The lowest BCUT2D eigenvalue weighted by molar-refractivity contribution is -0.158. The second-order valence-electron chi connectivity index (χ2n) is 7.53. The molecule has 0 aromatic carbocycles. The highest BCUT2D eigenvalue weighted by Gasteiger charge is 2.56. The molecule has 2 atom stereocenters. The van der Waals surface area contributed by atoms with Gasteiger partial charge in [-0.1, -0.05) is 20.3 Å². The predicted molar refractivity (Wildman–Crippen MR) is 81.6 cm³/mol. The summed E-state index contributed by atoms with van der Waals surface area (Å²) in [6, 6.07) is -0.270. The van der Waals surface area contributed by atoms with Crippen LogP contribution >= 0.6 is 0 Å². The second kappa shape index (κ2) is 4.99. The van der Waals surface area contributed by atoms with Crippen LogP contribution in [0.4, 0.5) is 0 Å². The third-order valence-corrected chi connectivity index (χ3v) is 6.22. The van der Waals surface area contributed by atoms with E-state index >= 15 is 0 Å². The minimum atomic E-state index is -0.651. The molecule has 0 aromatic heterocycles. The fourth-order valence-electron chi connectivity index (χ4n) is 4.16. The van der Waals surface area contributed by atoms with Crippen molar-refractivity contribution in [3.63, 3.8) is 0 Å². The van der Waals surface area contributed by atoms with Crippen molar-refractivity contribution in [3.8, 4) is 0 Å². The van der Waals surface area contributed by atoms with Crippen LogP contribution in [0.1, 0.15) is 65.7 Å². The molecule has 3 aliphatic rings. The SMILES string of the molecule is CCC1C(=O)NC(C)(C2CC2)C(=O)N1CC1(CC)CCC1. The summed E-state index contributed by atoms with van der Waals surface area (Å²) >= 11 is 0. The number of carbonyl (C=O) groups excluding carboxylic acids is 2. The number of amides is 2. The smallest absolute Gasteiger partial charge is 0.249 e. The van der Waals surface area contributed by atoms with Crippen LogP contribution in [-0.2, 0) is 9.59 Å². The van der Waals surface area contributed by atoms with E-state index in [1.165, 1.54) is 19.3 Å². The van der Waals surface area contributed by atoms with Gasteiger partial charge in [-0.3, -0.25) is 9.59 Å². The molecule has 1 heterocycles. The summed E-state index contributed by atoms with van der Waals surface area (Å²) in [5.41, 5.74) is -0.382. The van der Waals surface area contributed by atoms with Gasteiger partial charge in [0, 0.05) is 6.54 Å². The molecule has 0 radical (unpaired) electrons. The van der Waals surface area contributed by atoms with Crippen molar-refractivity contribution in [3.05, 3.63) is 0 Å². The van der Waals surface area contributed by atoms with Gasteiger partial charge in [0.2, 0.25) is 11.8 Å². The number of hydrogen-bond donors (Lipinski definition) is 1. The van der Waals surface area contributed by atoms with Crippen LogP contribution in [0.25, 0.3) is 0 Å². The van der Waals surface area contributed by atoms with Gasteiger partial charge in [-0.2, -0.15) is 0 Å². The van der Waals surface area contributed by atoms with Gasteiger partial charge in [-0.25, -0.2) is 0 Å². The molecular formula is C17H28N2O2. The monoisotopic (exact) mass is 292 g/mol. The Hall–Kier alpha value is -1.06. The summed E-state index contributed by atoms with van der Waals surface area (Å²) in [6.45, 7) is 6.93. The average Bonchev–Trinajstić information content (AvgIpc) is 3.24. The van der Waals surface area contributed by atoms with Crippen molar-refractivity contribution in [2.45, 2.75) is 77.3 Å². The van der Waals surface area contributed by atoms with Gasteiger partial charge in [-0.05, 0) is 56.8 Å². The zero-order chi connectivity index (χ0) is 15.3. The van der Waals surface area contributed by atoms with E-state index in [1.807, 2.05) is 18.7 Å². The van der Waals surface area contributed by atoms with Gasteiger partial charge in [0.1, 0.15) is 11.6 Å². The quantitative estimate of drug-likeness (QED) is 0.846. The van der Waals surface area contributed by atoms with Crippen LogP contribution < -0.4 is 5.32 Å². The first-order valence-electron chi connectivity index (χ1n) is 8.59. The van der Waals surface area contributed by atoms with Crippen LogP contribution in [0.5, 0.6) is 0 Å². The number of nitrogens with zero attached hydrogens (tertiary/aromatic N) is 1. The van der Waals surface area contributed by atoms with Gasteiger partial charge in [-0.15, -0.1) is 0 Å². The minimum absolute atomic E-state index is 0.0528. The maximum Gasteiger partial charge on any atom is 0.249 e. The molecule has 4 nitrogen and oxygen atoms in total. The van der Waals surface area contributed by atoms with Crippen LogP contribution in [0.15, 0.2) is 0 Å². The van der Waals surface area contributed by atoms with Crippen molar-refractivity contribution in [1.82, 2.24) is 10.2 Å². The molecule has 118 valence electrons. The third-order valence-electron chi connectivity index (χ3n) is 6.22. The first-order chi connectivity index (χ1) is 9.96. The fourth-order valence-corrected chi connectivity index (χ4v) is 4.16. The van der Waals surface area contributed by atoms with Crippen molar-refractivity contribution < 1.29 is 9.59 Å². The molecule has 2 aliphatic carbocycles. The normalized spacial score (nSPS) is 35.4. The van der Waals surface area contributed by atoms with Gasteiger partial charge in [0.05, 0.1) is 0 Å². The van der Waals surface area contributed by atoms with Crippen LogP contribution in [0.2, 0.25) is 0 Å². The molecule has 4 heteroatoms. The molecule has 2 unspecified atom stereocenters. The Morgan fingerprint density at radius 3 is 2.33 bits per heavy atom. The van der Waals surface area contributed by atoms with E-state index in [4.69, 9.17) is 0 Å². The Morgan fingerprint density at radius 1 is 1.24 bits per heavy atom. The Labute approximate surface area is 127 Å². The summed E-state index contributed by atoms with van der Waals surface area (Å²) in [4.78, 5) is 27.5. The van der Waals surface area contributed by atoms with E-state index in [0.717, 1.165) is 25.8 Å². The number of hydrogen-bond acceptors (Lipinski definition) is 2. The lowest BCUT2D eigenvalue weighted by atomic mass is 9.66. The number of nitrogens with one attached hydrogen (secondary N) is 1. The molecule has 0 aromatic rings. The lowest BCUT2D eigenvalue weighted by Gasteiger charge is -2.51. The third kappa shape index (κ3) is 2.27. The van der Waals surface area contributed by atoms with Crippen molar-refractivity contribution in [1.29, 1.82) is 0 Å². The van der Waals surface area contributed by atoms with E-state index in [-0.39, 0.29) is 23.3 Å². The molecule has 21 heavy (non-hydrogen) atoms. The molecule has 1 aliphatic heterocycles. The summed E-state index contributed by atoms with van der Waals surface area (Å²) in [6.07, 6.45) is 7.60. The number of carbonyl (C=O) groups is 2. The Balaban J connectivity index is 1.86. The summed E-state index contributed by atoms with van der Waals surface area (Å²) in [5, 5.41) is 3.05. The molecule has 2 saturated carbocycles. The average molecular weight is 292 g/mol. The molecule has 1 saturated heterocycles. The molecule has 0 spiro atoms. The van der Waals surface area contributed by atoms with Crippen LogP contribution in [-0.4, -0.2) is 34.8 Å². The topological polar surface area (TPSA) is 49.4 Å². The largest absolute Gasteiger partial charge is 0.340 e. The van der Waals surface area contributed by atoms with Crippen LogP contribution in [0.3, 0.4) is 0 Å². The zero-order valence-corrected chi connectivity index (χ0v) is 13.6. The molecule has 3 rings (SSSR count). The molecule has 3 fully saturated rings. The summed E-state index contributed by atoms with van der Waals surface area (Å²) in [7, 11) is 0. The van der Waals surface area contributed by atoms with Gasteiger partial charge < -0.3 is 10.2 Å². The first kappa shape index (κ1) is 14.9. The predicted octanol–water partition coefficient (Wildman–Crippen LogP) is 2.47. The maximum absolute atomic E-state index is 13.1. The second-order valence-corrected chi connectivity index (χ2v) is 7.53. The van der Waals surface area contributed by atoms with Crippen LogP contribution in [0, 0.1) is 11.3 Å². The maximum atomic E-state index is 13.1. The van der Waals surface area contributed by atoms with Crippen molar-refractivity contribution in [2.75, 3.05) is 6.54 Å². The van der Waals surface area contributed by atoms with Gasteiger partial charge in [0.25, 0.3) is 0 Å². The first-order valence-corrected chi connectivity index (χ1v) is 8.59. The highest BCUT2D eigenvalue weighted by molar-refractivity contribution is 6.00. The number of rotatable bonds is 5. The number of piperazine rings is 1. The highest BCUT2D eigenvalue weighted by Crippen LogP contribution is 2.47. The summed E-state index contributed by atoms with van der Waals surface area (Å²) < 4.78 is 0. The molecule has 2 amide bonds. The van der Waals surface area contributed by atoms with E-state index in [0.29, 0.717) is 12.3 Å². The highest BCUT2D eigenvalue weighted by atomic mass is 16.2. The van der Waals surface area contributed by atoms with E-state index in [9.17, 15) is 9.59 Å². The Morgan fingerprint density at radius 2 is 1.90 bits per heavy atom. The standard InChI is InChI=1S/C17H28N2O2/c1-4-13-14(20)18-16(3,12-7-8-12)15(21)19(13)11-17(5-2)9-6-10-17/h12-13H,4-11H2,1-3H3,(H,18,20). The molecule has 1 N–H and O–H groups in total. The van der Waals surface area contributed by atoms with E-state index < -0.39 is 5.54 Å². The zero-order valence-electron chi connectivity index (χ0n) is 13.6. The Bertz CT molecular complexity index is 448. The fraction of sp³-hybridized carbons (Fsp3) is 0.882. The van der Waals surface area contributed by atoms with E-state index in [2.05, 4.69) is 12.2 Å². The van der Waals surface area contributed by atoms with Gasteiger partial charge in [0.15, 0.2) is 0 Å². The van der Waals surface area contributed by atoms with E-state index in [1.54, 1.807) is 0 Å². The Kier molecular flexibility index (Phi) is 3.53. The molecule has 0 bridgehead atoms. The lowest BCUT2D eigenvalue weighted by Crippen LogP contribution is -2.71. The van der Waals surface area contributed by atoms with Gasteiger partial charge >= 0.3 is 0 Å². The summed E-state index contributed by atoms with van der Waals surface area (Å²) in [5.74, 6) is 0.557. The van der Waals surface area contributed by atoms with Crippen molar-refractivity contribution >= 4 is 11.8 Å². The van der Waals surface area contributed by atoms with Crippen molar-refractivity contribution in [2.24, 2.45) is 11.3 Å². The molecular weight excluding hydrogens is 264 g/mol.